The predicted octanol–water partition coefficient (Wildman–Crippen LogP) is 4.24. The predicted molar refractivity (Wildman–Crippen MR) is 106 cm³/mol. The highest BCUT2D eigenvalue weighted by atomic mass is 16.6. The van der Waals surface area contributed by atoms with Crippen LogP contribution in [0, 0.1) is 27.4 Å². The van der Waals surface area contributed by atoms with E-state index in [4.69, 9.17) is 0 Å². The maximum atomic E-state index is 12.5. The smallest absolute Gasteiger partial charge is 0.317 e. The number of hydrogen-bond acceptors (Lipinski definition) is 3. The molecule has 2 atom stereocenters. The molecular formula is C22H29N3O3. The molecule has 5 aliphatic rings. The highest BCUT2D eigenvalue weighted by molar-refractivity contribution is 5.74. The van der Waals surface area contributed by atoms with Gasteiger partial charge in [0.15, 0.2) is 0 Å². The summed E-state index contributed by atoms with van der Waals surface area (Å²) in [5.41, 5.74) is 1.77. The molecule has 1 saturated heterocycles. The number of non-ortho nitro benzene ring substituents is 1. The minimum atomic E-state index is -0.321. The molecule has 4 saturated carbocycles. The first-order chi connectivity index (χ1) is 13.5. The standard InChI is InChI=1S/C22H29N3O3/c26-20(24-7-1-2-8-24)23-15-21-10-16-9-17(11-21)13-22(12-16,14-21)18-3-5-19(6-4-18)25(27)28/h3-6,16-17H,1-2,7-15H2,(H,23,26). The second-order valence-corrected chi connectivity index (χ2v) is 9.90. The first-order valence-electron chi connectivity index (χ1n) is 10.7. The lowest BCUT2D eigenvalue weighted by molar-refractivity contribution is -0.384. The second kappa shape index (κ2) is 6.46. The molecular weight excluding hydrogens is 354 g/mol. The molecule has 1 aromatic rings. The summed E-state index contributed by atoms with van der Waals surface area (Å²) in [6.07, 6.45) is 9.49. The number of hydrogen-bond donors (Lipinski definition) is 1. The van der Waals surface area contributed by atoms with Crippen molar-refractivity contribution < 1.29 is 9.72 Å². The Morgan fingerprint density at radius 2 is 1.75 bits per heavy atom. The zero-order valence-electron chi connectivity index (χ0n) is 16.4. The number of benzene rings is 1. The van der Waals surface area contributed by atoms with Crippen molar-refractivity contribution in [2.45, 2.75) is 56.8 Å². The van der Waals surface area contributed by atoms with Gasteiger partial charge in [0.05, 0.1) is 4.92 Å². The number of nitro groups is 1. The molecule has 1 aliphatic heterocycles. The van der Waals surface area contributed by atoms with Gasteiger partial charge in [0, 0.05) is 31.8 Å². The van der Waals surface area contributed by atoms with Crippen molar-refractivity contribution in [2.24, 2.45) is 17.3 Å². The van der Waals surface area contributed by atoms with Gasteiger partial charge in [-0.1, -0.05) is 12.1 Å². The quantitative estimate of drug-likeness (QED) is 0.624. The van der Waals surface area contributed by atoms with Gasteiger partial charge in [-0.3, -0.25) is 10.1 Å². The van der Waals surface area contributed by atoms with Crippen LogP contribution in [0.25, 0.3) is 0 Å². The molecule has 1 aromatic carbocycles. The molecule has 2 unspecified atom stereocenters. The minimum Gasteiger partial charge on any atom is -0.337 e. The third-order valence-electron chi connectivity index (χ3n) is 7.88. The summed E-state index contributed by atoms with van der Waals surface area (Å²) in [5, 5.41) is 14.3. The van der Waals surface area contributed by atoms with Gasteiger partial charge in [-0.15, -0.1) is 0 Å². The maximum absolute atomic E-state index is 12.5. The number of carbonyl (C=O) groups is 1. The van der Waals surface area contributed by atoms with Crippen LogP contribution in [0.5, 0.6) is 0 Å². The first-order valence-corrected chi connectivity index (χ1v) is 10.7. The van der Waals surface area contributed by atoms with E-state index >= 15 is 0 Å². The summed E-state index contributed by atoms with van der Waals surface area (Å²) >= 11 is 0. The van der Waals surface area contributed by atoms with Crippen molar-refractivity contribution in [3.63, 3.8) is 0 Å². The summed E-state index contributed by atoms with van der Waals surface area (Å²) in [6, 6.07) is 7.41. The molecule has 5 fully saturated rings. The largest absolute Gasteiger partial charge is 0.337 e. The van der Waals surface area contributed by atoms with Gasteiger partial charge in [-0.25, -0.2) is 4.79 Å². The zero-order valence-corrected chi connectivity index (χ0v) is 16.4. The highest BCUT2D eigenvalue weighted by Crippen LogP contribution is 2.65. The van der Waals surface area contributed by atoms with Gasteiger partial charge >= 0.3 is 6.03 Å². The molecule has 4 aliphatic carbocycles. The third kappa shape index (κ3) is 2.97. The molecule has 1 N–H and O–H groups in total. The molecule has 2 amide bonds. The highest BCUT2D eigenvalue weighted by Gasteiger charge is 2.58. The van der Waals surface area contributed by atoms with Crippen molar-refractivity contribution in [3.05, 3.63) is 39.9 Å². The molecule has 1 heterocycles. The van der Waals surface area contributed by atoms with E-state index < -0.39 is 0 Å². The number of likely N-dealkylation sites (tertiary alicyclic amines) is 1. The van der Waals surface area contributed by atoms with Crippen LogP contribution in [0.3, 0.4) is 0 Å². The van der Waals surface area contributed by atoms with Gasteiger partial charge in [0.2, 0.25) is 0 Å². The Labute approximate surface area is 165 Å². The first kappa shape index (κ1) is 18.0. The molecule has 150 valence electrons. The summed E-state index contributed by atoms with van der Waals surface area (Å²) in [5.74, 6) is 1.44. The van der Waals surface area contributed by atoms with Crippen LogP contribution >= 0.6 is 0 Å². The number of carbonyl (C=O) groups excluding carboxylic acids is 1. The van der Waals surface area contributed by atoms with Crippen LogP contribution in [0.2, 0.25) is 0 Å². The third-order valence-corrected chi connectivity index (χ3v) is 7.88. The maximum Gasteiger partial charge on any atom is 0.317 e. The number of nitro benzene ring substituents is 1. The van der Waals surface area contributed by atoms with Crippen LogP contribution in [-0.4, -0.2) is 35.5 Å². The van der Waals surface area contributed by atoms with Crippen LogP contribution in [-0.2, 0) is 5.41 Å². The Morgan fingerprint density at radius 1 is 1.11 bits per heavy atom. The fraction of sp³-hybridized carbons (Fsp3) is 0.682. The van der Waals surface area contributed by atoms with E-state index in [-0.39, 0.29) is 27.5 Å². The molecule has 6 rings (SSSR count). The van der Waals surface area contributed by atoms with Crippen LogP contribution in [0.15, 0.2) is 24.3 Å². The summed E-state index contributed by atoms with van der Waals surface area (Å²) in [6.45, 7) is 2.55. The SMILES string of the molecule is O=C(NCC12CC3CC(C1)CC(c1ccc([N+](=O)[O-])cc1)(C3)C2)N1CCCC1. The monoisotopic (exact) mass is 383 g/mol. The number of urea groups is 1. The lowest BCUT2D eigenvalue weighted by atomic mass is 9.43. The van der Waals surface area contributed by atoms with E-state index in [1.807, 2.05) is 17.0 Å². The Balaban J connectivity index is 1.36. The van der Waals surface area contributed by atoms with Gasteiger partial charge < -0.3 is 10.2 Å². The fourth-order valence-corrected chi connectivity index (χ4v) is 7.23. The molecule has 6 nitrogen and oxygen atoms in total. The zero-order chi connectivity index (χ0) is 19.4. The molecule has 0 spiro atoms. The van der Waals surface area contributed by atoms with Crippen molar-refractivity contribution in [2.75, 3.05) is 19.6 Å². The number of amides is 2. The second-order valence-electron chi connectivity index (χ2n) is 9.90. The van der Waals surface area contributed by atoms with E-state index in [1.54, 1.807) is 12.1 Å². The van der Waals surface area contributed by atoms with E-state index in [1.165, 1.54) is 37.7 Å². The molecule has 0 aromatic heterocycles. The van der Waals surface area contributed by atoms with Gasteiger partial charge in [-0.05, 0) is 79.6 Å². The van der Waals surface area contributed by atoms with E-state index in [0.29, 0.717) is 0 Å². The van der Waals surface area contributed by atoms with Crippen LogP contribution < -0.4 is 5.32 Å². The number of nitrogens with one attached hydrogen (secondary N) is 1. The molecule has 6 heteroatoms. The van der Waals surface area contributed by atoms with Crippen molar-refractivity contribution in [3.8, 4) is 0 Å². The average Bonchev–Trinajstić information content (AvgIpc) is 3.20. The summed E-state index contributed by atoms with van der Waals surface area (Å²) < 4.78 is 0. The van der Waals surface area contributed by atoms with Gasteiger partial charge in [0.1, 0.15) is 0 Å². The van der Waals surface area contributed by atoms with Crippen molar-refractivity contribution >= 4 is 11.7 Å². The summed E-state index contributed by atoms with van der Waals surface area (Å²) in [4.78, 5) is 25.2. The van der Waals surface area contributed by atoms with Crippen molar-refractivity contribution in [1.82, 2.24) is 10.2 Å². The average molecular weight is 383 g/mol. The van der Waals surface area contributed by atoms with E-state index in [0.717, 1.165) is 50.7 Å². The number of rotatable bonds is 4. The number of nitrogens with zero attached hydrogens (tertiary/aromatic N) is 2. The topological polar surface area (TPSA) is 75.5 Å². The van der Waals surface area contributed by atoms with Crippen LogP contribution in [0.1, 0.15) is 56.9 Å². The summed E-state index contributed by atoms with van der Waals surface area (Å²) in [7, 11) is 0. The Kier molecular flexibility index (Phi) is 4.14. The molecule has 0 radical (unpaired) electrons. The van der Waals surface area contributed by atoms with E-state index in [9.17, 15) is 14.9 Å². The Morgan fingerprint density at radius 3 is 2.36 bits per heavy atom. The van der Waals surface area contributed by atoms with Crippen LogP contribution in [0.4, 0.5) is 10.5 Å². The molecule has 28 heavy (non-hydrogen) atoms. The lowest BCUT2D eigenvalue weighted by Crippen LogP contribution is -2.57. The van der Waals surface area contributed by atoms with Gasteiger partial charge in [-0.2, -0.15) is 0 Å². The fourth-order valence-electron chi connectivity index (χ4n) is 7.23. The normalized spacial score (nSPS) is 35.9. The molecule has 4 bridgehead atoms. The van der Waals surface area contributed by atoms with E-state index in [2.05, 4.69) is 5.32 Å². The lowest BCUT2D eigenvalue weighted by Gasteiger charge is -2.62. The van der Waals surface area contributed by atoms with Crippen molar-refractivity contribution in [1.29, 1.82) is 0 Å². The Hall–Kier alpha value is -2.11. The minimum absolute atomic E-state index is 0.109. The Bertz CT molecular complexity index is 771. The van der Waals surface area contributed by atoms with Gasteiger partial charge in [0.25, 0.3) is 5.69 Å².